The summed E-state index contributed by atoms with van der Waals surface area (Å²) in [5.41, 5.74) is 9.57. The van der Waals surface area contributed by atoms with Gasteiger partial charge in [-0.15, -0.1) is 0 Å². The maximum absolute atomic E-state index is 12.6. The second-order valence-electron chi connectivity index (χ2n) is 8.23. The molecule has 0 aromatic heterocycles. The number of anilines is 1. The largest absolute Gasteiger partial charge is 0.487 e. The van der Waals surface area contributed by atoms with Gasteiger partial charge in [0.05, 0.1) is 5.70 Å². The number of hydrogen-bond acceptors (Lipinski definition) is 6. The van der Waals surface area contributed by atoms with Crippen LogP contribution >= 0.6 is 0 Å². The molecule has 33 heavy (non-hydrogen) atoms. The van der Waals surface area contributed by atoms with Crippen molar-refractivity contribution < 1.29 is 19.1 Å². The van der Waals surface area contributed by atoms with Gasteiger partial charge in [0.2, 0.25) is 0 Å². The van der Waals surface area contributed by atoms with E-state index in [2.05, 4.69) is 16.0 Å². The molecule has 2 aromatic rings. The summed E-state index contributed by atoms with van der Waals surface area (Å²) in [6.45, 7) is 2.44. The summed E-state index contributed by atoms with van der Waals surface area (Å²) in [6, 6.07) is 12.5. The first kappa shape index (κ1) is 22.4. The average Bonchev–Trinajstić information content (AvgIpc) is 3.56. The molecule has 2 amide bonds. The summed E-state index contributed by atoms with van der Waals surface area (Å²) in [4.78, 5) is 36.4. The highest BCUT2D eigenvalue weighted by Gasteiger charge is 2.25. The van der Waals surface area contributed by atoms with Crippen molar-refractivity contribution >= 4 is 23.3 Å². The van der Waals surface area contributed by atoms with Gasteiger partial charge in [0.1, 0.15) is 18.1 Å². The lowest BCUT2D eigenvalue weighted by Crippen LogP contribution is -2.33. The summed E-state index contributed by atoms with van der Waals surface area (Å²) in [7, 11) is 0. The Morgan fingerprint density at radius 1 is 1.09 bits per heavy atom. The Morgan fingerprint density at radius 3 is 2.55 bits per heavy atom. The van der Waals surface area contributed by atoms with Gasteiger partial charge in [-0.3, -0.25) is 14.4 Å². The Bertz CT molecular complexity index is 1100. The van der Waals surface area contributed by atoms with Crippen LogP contribution in [0.4, 0.5) is 5.69 Å². The van der Waals surface area contributed by atoms with E-state index in [0.717, 1.165) is 24.0 Å². The van der Waals surface area contributed by atoms with Crippen LogP contribution in [0.3, 0.4) is 0 Å². The van der Waals surface area contributed by atoms with Crippen LogP contribution < -0.4 is 26.4 Å². The molecule has 0 spiro atoms. The zero-order valence-electron chi connectivity index (χ0n) is 18.6. The van der Waals surface area contributed by atoms with Gasteiger partial charge in [0, 0.05) is 35.8 Å². The van der Waals surface area contributed by atoms with Gasteiger partial charge in [-0.25, -0.2) is 0 Å². The minimum Gasteiger partial charge on any atom is -0.487 e. The number of carbonyl (C=O) groups excluding carboxylic acids is 3. The first-order valence-corrected chi connectivity index (χ1v) is 11.2. The SMILES string of the molecule is CCNC(=O)c1ccc(N/C(COc2ccc3c(c2)CCC3=O)=C(\N)C(=O)NC2CC2)cc1. The second-order valence-corrected chi connectivity index (χ2v) is 8.23. The Balaban J connectivity index is 1.50. The number of nitrogens with one attached hydrogen (secondary N) is 3. The van der Waals surface area contributed by atoms with Gasteiger partial charge >= 0.3 is 0 Å². The lowest BCUT2D eigenvalue weighted by Gasteiger charge is -2.16. The second kappa shape index (κ2) is 9.77. The normalized spacial score (nSPS) is 15.4. The van der Waals surface area contributed by atoms with Crippen molar-refractivity contribution in [3.8, 4) is 5.75 Å². The van der Waals surface area contributed by atoms with Crippen molar-refractivity contribution in [2.75, 3.05) is 18.5 Å². The zero-order chi connectivity index (χ0) is 23.4. The maximum Gasteiger partial charge on any atom is 0.269 e. The van der Waals surface area contributed by atoms with E-state index in [1.165, 1.54) is 0 Å². The third-order valence-corrected chi connectivity index (χ3v) is 5.64. The number of ether oxygens (including phenoxy) is 1. The van der Waals surface area contributed by atoms with Gasteiger partial charge < -0.3 is 26.4 Å². The third-order valence-electron chi connectivity index (χ3n) is 5.64. The van der Waals surface area contributed by atoms with Crippen LogP contribution in [0.1, 0.15) is 52.5 Å². The number of hydrogen-bond donors (Lipinski definition) is 4. The predicted molar refractivity (Wildman–Crippen MR) is 125 cm³/mol. The number of amides is 2. The first-order valence-electron chi connectivity index (χ1n) is 11.2. The fraction of sp³-hybridized carbons (Fsp3) is 0.320. The van der Waals surface area contributed by atoms with E-state index >= 15 is 0 Å². The molecule has 0 bridgehead atoms. The van der Waals surface area contributed by atoms with E-state index in [-0.39, 0.29) is 35.9 Å². The van der Waals surface area contributed by atoms with Gasteiger partial charge in [-0.2, -0.15) is 0 Å². The van der Waals surface area contributed by atoms with Crippen LogP contribution in [-0.2, 0) is 11.2 Å². The molecule has 0 unspecified atom stereocenters. The van der Waals surface area contributed by atoms with E-state index in [9.17, 15) is 14.4 Å². The molecule has 1 saturated carbocycles. The number of ketones is 1. The summed E-state index contributed by atoms with van der Waals surface area (Å²) < 4.78 is 5.93. The van der Waals surface area contributed by atoms with Crippen LogP contribution in [-0.4, -0.2) is 36.8 Å². The number of aryl methyl sites for hydroxylation is 1. The Hall–Kier alpha value is -3.81. The molecule has 2 aliphatic rings. The lowest BCUT2D eigenvalue weighted by molar-refractivity contribution is -0.117. The number of Topliss-reactive ketones (excluding diaryl/α,β-unsaturated/α-hetero) is 1. The van der Waals surface area contributed by atoms with E-state index in [1.807, 2.05) is 13.0 Å². The molecule has 1 fully saturated rings. The smallest absolute Gasteiger partial charge is 0.269 e. The van der Waals surface area contributed by atoms with E-state index in [0.29, 0.717) is 42.1 Å². The van der Waals surface area contributed by atoms with Gasteiger partial charge in [-0.05, 0) is 74.2 Å². The Kier molecular flexibility index (Phi) is 6.63. The topological polar surface area (TPSA) is 123 Å². The number of nitrogens with two attached hydrogens (primary N) is 1. The summed E-state index contributed by atoms with van der Waals surface area (Å²) in [6.07, 6.45) is 3.13. The molecule has 8 heteroatoms. The van der Waals surface area contributed by atoms with E-state index in [1.54, 1.807) is 36.4 Å². The molecule has 5 N–H and O–H groups in total. The van der Waals surface area contributed by atoms with E-state index in [4.69, 9.17) is 10.5 Å². The molecule has 0 heterocycles. The van der Waals surface area contributed by atoms with Crippen LogP contribution in [0.15, 0.2) is 53.9 Å². The molecular formula is C25H28N4O4. The summed E-state index contributed by atoms with van der Waals surface area (Å²) in [5.74, 6) is 0.254. The molecule has 4 rings (SSSR count). The summed E-state index contributed by atoms with van der Waals surface area (Å²) in [5, 5.41) is 8.81. The van der Waals surface area contributed by atoms with Crippen molar-refractivity contribution in [1.29, 1.82) is 0 Å². The highest BCUT2D eigenvalue weighted by Crippen LogP contribution is 2.26. The molecule has 172 valence electrons. The van der Waals surface area contributed by atoms with Crippen molar-refractivity contribution in [2.45, 2.75) is 38.6 Å². The van der Waals surface area contributed by atoms with Crippen LogP contribution in [0.2, 0.25) is 0 Å². The van der Waals surface area contributed by atoms with Crippen LogP contribution in [0, 0.1) is 0 Å². The average molecular weight is 449 g/mol. The van der Waals surface area contributed by atoms with Gasteiger partial charge in [0.15, 0.2) is 5.78 Å². The quantitative estimate of drug-likeness (QED) is 0.437. The number of fused-ring (bicyclic) bond motifs is 1. The molecule has 0 saturated heterocycles. The van der Waals surface area contributed by atoms with Gasteiger partial charge in [0.25, 0.3) is 11.8 Å². The molecule has 2 aliphatic carbocycles. The van der Waals surface area contributed by atoms with Crippen LogP contribution in [0.25, 0.3) is 0 Å². The summed E-state index contributed by atoms with van der Waals surface area (Å²) >= 11 is 0. The standard InChI is InChI=1S/C25H28N4O4/c1-2-27-24(31)15-3-6-17(7-4-15)28-21(23(26)25(32)29-18-8-9-18)14-33-19-10-11-20-16(13-19)5-12-22(20)30/h3-4,6-7,10-11,13,18,28H,2,5,8-9,12,14,26H2,1H3,(H,27,31)(H,29,32)/b23-21-. The number of rotatable bonds is 9. The van der Waals surface area contributed by atoms with E-state index < -0.39 is 0 Å². The fourth-order valence-electron chi connectivity index (χ4n) is 3.63. The molecule has 0 aliphatic heterocycles. The van der Waals surface area contributed by atoms with Crippen molar-refractivity contribution in [3.05, 3.63) is 70.5 Å². The maximum atomic E-state index is 12.6. The fourth-order valence-corrected chi connectivity index (χ4v) is 3.63. The van der Waals surface area contributed by atoms with Crippen LogP contribution in [0.5, 0.6) is 5.75 Å². The molecular weight excluding hydrogens is 420 g/mol. The number of carbonyl (C=O) groups is 3. The van der Waals surface area contributed by atoms with Crippen molar-refractivity contribution in [3.63, 3.8) is 0 Å². The minimum atomic E-state index is -0.345. The lowest BCUT2D eigenvalue weighted by atomic mass is 10.1. The van der Waals surface area contributed by atoms with Gasteiger partial charge in [-0.1, -0.05) is 0 Å². The Labute approximate surface area is 192 Å². The monoisotopic (exact) mass is 448 g/mol. The predicted octanol–water partition coefficient (Wildman–Crippen LogP) is 2.51. The molecule has 0 radical (unpaired) electrons. The third kappa shape index (κ3) is 5.52. The highest BCUT2D eigenvalue weighted by molar-refractivity contribution is 6.00. The molecule has 8 nitrogen and oxygen atoms in total. The number of benzene rings is 2. The van der Waals surface area contributed by atoms with Crippen molar-refractivity contribution in [2.24, 2.45) is 5.73 Å². The molecule has 0 atom stereocenters. The van der Waals surface area contributed by atoms with Crippen molar-refractivity contribution in [1.82, 2.24) is 10.6 Å². The minimum absolute atomic E-state index is 0.0364. The molecule has 2 aromatic carbocycles. The zero-order valence-corrected chi connectivity index (χ0v) is 18.6. The first-order chi connectivity index (χ1) is 15.9. The highest BCUT2D eigenvalue weighted by atomic mass is 16.5. The Morgan fingerprint density at radius 2 is 1.85 bits per heavy atom.